The predicted molar refractivity (Wildman–Crippen MR) is 88.3 cm³/mol. The summed E-state index contributed by atoms with van der Waals surface area (Å²) >= 11 is 3.33. The first-order chi connectivity index (χ1) is 9.93. The number of hydrogen-bond acceptors (Lipinski definition) is 2. The number of aromatic nitrogens is 1. The maximum Gasteiger partial charge on any atom is 0.175 e. The van der Waals surface area contributed by atoms with Crippen LogP contribution in [-0.4, -0.2) is 19.2 Å². The lowest BCUT2D eigenvalue weighted by molar-refractivity contribution is 0.600. The highest BCUT2D eigenvalue weighted by Crippen LogP contribution is 2.23. The monoisotopic (exact) mass is 363 g/mol. The predicted octanol–water partition coefficient (Wildman–Crippen LogP) is 3.86. The molecule has 0 bridgehead atoms. The minimum absolute atomic E-state index is 0.370. The molecular weight excluding hydrogens is 350 g/mol. The molecule has 0 unspecified atom stereocenters. The van der Waals surface area contributed by atoms with Crippen molar-refractivity contribution in [3.05, 3.63) is 64.9 Å². The summed E-state index contributed by atoms with van der Waals surface area (Å²) in [5, 5.41) is 2.30. The second kappa shape index (κ2) is 5.31. The molecule has 3 rings (SSSR count). The van der Waals surface area contributed by atoms with Crippen molar-refractivity contribution in [2.75, 3.05) is 6.26 Å². The summed E-state index contributed by atoms with van der Waals surface area (Å²) in [4.78, 5) is 0.370. The zero-order chi connectivity index (χ0) is 15.0. The quantitative estimate of drug-likeness (QED) is 0.708. The van der Waals surface area contributed by atoms with E-state index in [-0.39, 0.29) is 0 Å². The van der Waals surface area contributed by atoms with Crippen LogP contribution in [0.25, 0.3) is 10.8 Å². The van der Waals surface area contributed by atoms with Gasteiger partial charge in [0, 0.05) is 29.7 Å². The van der Waals surface area contributed by atoms with Crippen LogP contribution in [0.3, 0.4) is 0 Å². The van der Waals surface area contributed by atoms with E-state index in [2.05, 4.69) is 15.9 Å². The van der Waals surface area contributed by atoms with E-state index in [0.29, 0.717) is 11.4 Å². The Morgan fingerprint density at radius 3 is 2.24 bits per heavy atom. The molecule has 1 heterocycles. The van der Waals surface area contributed by atoms with Crippen LogP contribution in [0.5, 0.6) is 0 Å². The van der Waals surface area contributed by atoms with Crippen molar-refractivity contribution in [2.45, 2.75) is 11.4 Å². The van der Waals surface area contributed by atoms with E-state index in [1.807, 2.05) is 53.4 Å². The highest BCUT2D eigenvalue weighted by Gasteiger charge is 2.14. The molecule has 108 valence electrons. The van der Waals surface area contributed by atoms with Gasteiger partial charge in [-0.05, 0) is 28.5 Å². The van der Waals surface area contributed by atoms with Gasteiger partial charge in [-0.2, -0.15) is 0 Å². The van der Waals surface area contributed by atoms with Gasteiger partial charge in [0.25, 0.3) is 0 Å². The molecule has 3 nitrogen and oxygen atoms in total. The Morgan fingerprint density at radius 1 is 1.05 bits per heavy atom. The Hall–Kier alpha value is -1.59. The van der Waals surface area contributed by atoms with Gasteiger partial charge < -0.3 is 4.57 Å². The molecule has 0 saturated heterocycles. The van der Waals surface area contributed by atoms with Gasteiger partial charge in [-0.3, -0.25) is 0 Å². The summed E-state index contributed by atoms with van der Waals surface area (Å²) in [7, 11) is -3.25. The smallest absolute Gasteiger partial charge is 0.175 e. The molecule has 0 aliphatic carbocycles. The lowest BCUT2D eigenvalue weighted by atomic mass is 10.2. The zero-order valence-corrected chi connectivity index (χ0v) is 13.9. The number of hydrogen-bond donors (Lipinski definition) is 0. The Balaban J connectivity index is 2.05. The third-order valence-corrected chi connectivity index (χ3v) is 5.06. The van der Waals surface area contributed by atoms with Crippen molar-refractivity contribution >= 4 is 36.5 Å². The van der Waals surface area contributed by atoms with Crippen LogP contribution in [0, 0.1) is 0 Å². The van der Waals surface area contributed by atoms with E-state index in [1.165, 1.54) is 6.26 Å². The van der Waals surface area contributed by atoms with Gasteiger partial charge in [0.2, 0.25) is 0 Å². The molecule has 0 aliphatic rings. The molecule has 0 N–H and O–H groups in total. The van der Waals surface area contributed by atoms with Gasteiger partial charge in [0.1, 0.15) is 0 Å². The summed E-state index contributed by atoms with van der Waals surface area (Å²) < 4.78 is 26.7. The van der Waals surface area contributed by atoms with Gasteiger partial charge in [0.15, 0.2) is 9.84 Å². The number of benzene rings is 2. The van der Waals surface area contributed by atoms with Gasteiger partial charge in [-0.25, -0.2) is 8.42 Å². The van der Waals surface area contributed by atoms with Crippen LogP contribution < -0.4 is 0 Å². The van der Waals surface area contributed by atoms with E-state index in [1.54, 1.807) is 6.07 Å². The van der Waals surface area contributed by atoms with E-state index in [4.69, 9.17) is 0 Å². The number of sulfone groups is 1. The zero-order valence-electron chi connectivity index (χ0n) is 11.5. The normalized spacial score (nSPS) is 11.9. The Bertz CT molecular complexity index is 880. The third kappa shape index (κ3) is 3.04. The van der Waals surface area contributed by atoms with Crippen LogP contribution in [0.15, 0.2) is 64.2 Å². The van der Waals surface area contributed by atoms with Gasteiger partial charge >= 0.3 is 0 Å². The highest BCUT2D eigenvalue weighted by atomic mass is 79.9. The van der Waals surface area contributed by atoms with E-state index >= 15 is 0 Å². The van der Waals surface area contributed by atoms with Crippen molar-refractivity contribution in [2.24, 2.45) is 0 Å². The number of nitrogens with zero attached hydrogens (tertiary/aromatic N) is 1. The second-order valence-electron chi connectivity index (χ2n) is 5.08. The first-order valence-electron chi connectivity index (χ1n) is 6.46. The number of halogens is 1. The van der Waals surface area contributed by atoms with Gasteiger partial charge in [-0.1, -0.05) is 46.3 Å². The molecule has 5 heteroatoms. The molecule has 0 saturated carbocycles. The molecule has 0 radical (unpaired) electrons. The average Bonchev–Trinajstić information content (AvgIpc) is 2.82. The second-order valence-corrected chi connectivity index (χ2v) is 7.98. The summed E-state index contributed by atoms with van der Waals surface area (Å²) in [5.41, 5.74) is 0.793. The average molecular weight is 364 g/mol. The molecule has 0 spiro atoms. The van der Waals surface area contributed by atoms with Crippen LogP contribution >= 0.6 is 15.9 Å². The molecule has 2 aromatic carbocycles. The molecule has 0 aliphatic heterocycles. The van der Waals surface area contributed by atoms with Crippen LogP contribution in [0.1, 0.15) is 5.56 Å². The van der Waals surface area contributed by atoms with Crippen molar-refractivity contribution < 1.29 is 8.42 Å². The maximum atomic E-state index is 11.9. The fraction of sp³-hybridized carbons (Fsp3) is 0.125. The Kier molecular flexibility index (Phi) is 3.63. The van der Waals surface area contributed by atoms with Crippen molar-refractivity contribution in [3.63, 3.8) is 0 Å². The largest absolute Gasteiger partial charge is 0.349 e. The molecule has 0 atom stereocenters. The van der Waals surface area contributed by atoms with E-state index < -0.39 is 9.84 Å². The first kappa shape index (κ1) is 14.4. The molecule has 21 heavy (non-hydrogen) atoms. The van der Waals surface area contributed by atoms with Crippen molar-refractivity contribution in [3.8, 4) is 0 Å². The summed E-state index contributed by atoms with van der Waals surface area (Å²) in [6.07, 6.45) is 5.30. The molecular formula is C16H14BrNO2S. The van der Waals surface area contributed by atoms with Gasteiger partial charge in [-0.15, -0.1) is 0 Å². The fourth-order valence-corrected chi connectivity index (χ4v) is 3.90. The fourth-order valence-electron chi connectivity index (χ4n) is 2.43. The van der Waals surface area contributed by atoms with Crippen LogP contribution in [0.4, 0.5) is 0 Å². The summed E-state index contributed by atoms with van der Waals surface area (Å²) in [6.45, 7) is 0.532. The topological polar surface area (TPSA) is 39.1 Å². The van der Waals surface area contributed by atoms with Gasteiger partial charge in [0.05, 0.1) is 4.90 Å². The van der Waals surface area contributed by atoms with Crippen molar-refractivity contribution in [1.82, 2.24) is 4.57 Å². The molecule has 0 fully saturated rings. The Morgan fingerprint density at radius 2 is 1.67 bits per heavy atom. The minimum atomic E-state index is -3.25. The van der Waals surface area contributed by atoms with E-state index in [9.17, 15) is 8.42 Å². The molecule has 1 aromatic heterocycles. The highest BCUT2D eigenvalue weighted by molar-refractivity contribution is 9.10. The van der Waals surface area contributed by atoms with Crippen LogP contribution in [-0.2, 0) is 16.4 Å². The lowest BCUT2D eigenvalue weighted by Crippen LogP contribution is -2.06. The molecule has 3 aromatic rings. The standard InChI is InChI=1S/C16H14BrNO2S/c1-21(19,20)16-8-15(17)7-6-14(16)11-18-9-12-4-2-3-5-13(12)10-18/h2-10H,11H2,1H3. The third-order valence-electron chi connectivity index (χ3n) is 3.39. The SMILES string of the molecule is CS(=O)(=O)c1cc(Br)ccc1Cn1cc2ccccc2c1. The lowest BCUT2D eigenvalue weighted by Gasteiger charge is -2.09. The van der Waals surface area contributed by atoms with Crippen LogP contribution in [0.2, 0.25) is 0 Å². The first-order valence-corrected chi connectivity index (χ1v) is 9.15. The maximum absolute atomic E-state index is 11.9. The number of fused-ring (bicyclic) bond motifs is 1. The summed E-state index contributed by atoms with van der Waals surface area (Å²) in [6, 6.07) is 13.5. The van der Waals surface area contributed by atoms with E-state index in [0.717, 1.165) is 20.8 Å². The number of rotatable bonds is 3. The Labute approximate surface area is 132 Å². The summed E-state index contributed by atoms with van der Waals surface area (Å²) in [5.74, 6) is 0. The molecule has 0 amide bonds. The minimum Gasteiger partial charge on any atom is -0.349 e. The van der Waals surface area contributed by atoms with Crippen molar-refractivity contribution in [1.29, 1.82) is 0 Å².